The second-order valence-corrected chi connectivity index (χ2v) is 8.47. The van der Waals surface area contributed by atoms with E-state index < -0.39 is 20.3 Å². The molecule has 0 saturated carbocycles. The van der Waals surface area contributed by atoms with Gasteiger partial charge in [-0.05, 0) is 31.9 Å². The lowest BCUT2D eigenvalue weighted by Gasteiger charge is -2.23. The first-order valence-electron chi connectivity index (χ1n) is 7.69. The first kappa shape index (κ1) is 18.2. The highest BCUT2D eigenvalue weighted by atomic mass is 32.2. The van der Waals surface area contributed by atoms with Gasteiger partial charge in [-0.15, -0.1) is 0 Å². The van der Waals surface area contributed by atoms with Crippen molar-refractivity contribution in [1.82, 2.24) is 5.32 Å². The molecule has 2 rings (SSSR count). The number of sulfone groups is 1. The first-order chi connectivity index (χ1) is 11.2. The fourth-order valence-corrected chi connectivity index (χ4v) is 4.78. The largest absolute Gasteiger partial charge is 0.385 e. The van der Waals surface area contributed by atoms with E-state index in [0.29, 0.717) is 19.4 Å². The van der Waals surface area contributed by atoms with Gasteiger partial charge in [0.1, 0.15) is 0 Å². The van der Waals surface area contributed by atoms with E-state index in [2.05, 4.69) is 10.6 Å². The van der Waals surface area contributed by atoms with Crippen LogP contribution in [0.3, 0.4) is 0 Å². The molecule has 0 aliphatic carbocycles. The fraction of sp³-hybridized carbons (Fsp3) is 0.533. The van der Waals surface area contributed by atoms with Crippen LogP contribution in [0, 0.1) is 10.1 Å². The Kier molecular flexibility index (Phi) is 5.43. The van der Waals surface area contributed by atoms with Crippen LogP contribution in [0.25, 0.3) is 0 Å². The minimum atomic E-state index is -3.05. The molecule has 1 heterocycles. The summed E-state index contributed by atoms with van der Waals surface area (Å²) >= 11 is 0. The molecule has 1 aliphatic heterocycles. The molecule has 1 unspecified atom stereocenters. The molecule has 1 saturated heterocycles. The quantitative estimate of drug-likeness (QED) is 0.434. The highest BCUT2D eigenvalue weighted by Crippen LogP contribution is 2.23. The molecule has 1 aliphatic rings. The molecular formula is C15H21N3O5S. The topological polar surface area (TPSA) is 118 Å². The summed E-state index contributed by atoms with van der Waals surface area (Å²) in [6, 6.07) is 6.05. The lowest BCUT2D eigenvalue weighted by molar-refractivity contribution is -0.384. The number of hydrogen-bond acceptors (Lipinski definition) is 6. The zero-order valence-electron chi connectivity index (χ0n) is 13.4. The number of hydrogen-bond donors (Lipinski definition) is 2. The van der Waals surface area contributed by atoms with Crippen molar-refractivity contribution >= 4 is 27.1 Å². The zero-order chi connectivity index (χ0) is 17.8. The van der Waals surface area contributed by atoms with Gasteiger partial charge in [-0.1, -0.05) is 0 Å². The van der Waals surface area contributed by atoms with Crippen LogP contribution in [0.5, 0.6) is 0 Å². The van der Waals surface area contributed by atoms with Gasteiger partial charge in [-0.2, -0.15) is 0 Å². The van der Waals surface area contributed by atoms with Crippen molar-refractivity contribution in [1.29, 1.82) is 0 Å². The third-order valence-corrected chi connectivity index (χ3v) is 5.84. The van der Waals surface area contributed by atoms with Gasteiger partial charge in [-0.25, -0.2) is 8.42 Å². The van der Waals surface area contributed by atoms with Crippen molar-refractivity contribution in [2.45, 2.75) is 31.7 Å². The Bertz CT molecular complexity index is 717. The lowest BCUT2D eigenvalue weighted by atomic mass is 10.0. The van der Waals surface area contributed by atoms with E-state index in [0.717, 1.165) is 5.69 Å². The Morgan fingerprint density at radius 3 is 2.54 bits per heavy atom. The summed E-state index contributed by atoms with van der Waals surface area (Å²) in [5.74, 6) is -0.0572. The molecule has 1 atom stereocenters. The Morgan fingerprint density at radius 1 is 1.33 bits per heavy atom. The summed E-state index contributed by atoms with van der Waals surface area (Å²) in [6.45, 7) is 2.30. The van der Waals surface area contributed by atoms with E-state index in [1.54, 1.807) is 19.1 Å². The third-order valence-electron chi connectivity index (χ3n) is 3.93. The predicted octanol–water partition coefficient (Wildman–Crippen LogP) is 1.48. The van der Waals surface area contributed by atoms with Gasteiger partial charge in [0.25, 0.3) is 5.69 Å². The number of nitro groups is 1. The minimum absolute atomic E-state index is 0.00716. The summed E-state index contributed by atoms with van der Waals surface area (Å²) in [4.78, 5) is 22.0. The van der Waals surface area contributed by atoms with Crippen molar-refractivity contribution in [3.05, 3.63) is 34.4 Å². The number of amides is 1. The van der Waals surface area contributed by atoms with Crippen molar-refractivity contribution < 1.29 is 18.1 Å². The smallest absolute Gasteiger partial charge is 0.269 e. The van der Waals surface area contributed by atoms with Crippen LogP contribution in [0.1, 0.15) is 26.2 Å². The monoisotopic (exact) mass is 355 g/mol. The first-order valence-corrected chi connectivity index (χ1v) is 9.51. The van der Waals surface area contributed by atoms with E-state index in [-0.39, 0.29) is 29.5 Å². The highest BCUT2D eigenvalue weighted by molar-refractivity contribution is 7.91. The van der Waals surface area contributed by atoms with Crippen LogP contribution >= 0.6 is 0 Å². The number of carbonyl (C=O) groups excluding carboxylic acids is 1. The van der Waals surface area contributed by atoms with Crippen molar-refractivity contribution in [2.24, 2.45) is 0 Å². The Hall–Kier alpha value is -2.16. The molecule has 0 bridgehead atoms. The zero-order valence-corrected chi connectivity index (χ0v) is 14.3. The third kappa shape index (κ3) is 5.19. The number of anilines is 1. The standard InChI is InChI=1S/C15H21N3O5S/c1-15(8-10-24(22,23)11-15)17-14(19)3-2-9-16-12-4-6-13(7-5-12)18(20)21/h4-7,16H,2-3,8-11H2,1H3,(H,17,19). The van der Waals surface area contributed by atoms with Crippen LogP contribution in [-0.4, -0.2) is 42.8 Å². The van der Waals surface area contributed by atoms with Crippen LogP contribution < -0.4 is 10.6 Å². The Labute approximate surface area is 140 Å². The van der Waals surface area contributed by atoms with Crippen LogP contribution in [0.4, 0.5) is 11.4 Å². The van der Waals surface area contributed by atoms with Crippen molar-refractivity contribution in [3.8, 4) is 0 Å². The van der Waals surface area contributed by atoms with Crippen molar-refractivity contribution in [3.63, 3.8) is 0 Å². The molecule has 8 nitrogen and oxygen atoms in total. The molecule has 1 amide bonds. The number of nitrogens with one attached hydrogen (secondary N) is 2. The number of rotatable bonds is 7. The van der Waals surface area contributed by atoms with Gasteiger partial charge >= 0.3 is 0 Å². The Balaban J connectivity index is 1.70. The SMILES string of the molecule is CC1(NC(=O)CCCNc2ccc([N+](=O)[O-])cc2)CCS(=O)(=O)C1. The van der Waals surface area contributed by atoms with Gasteiger partial charge in [0.05, 0.1) is 22.0 Å². The number of carbonyl (C=O) groups is 1. The molecule has 1 aromatic rings. The van der Waals surface area contributed by atoms with Gasteiger partial charge in [-0.3, -0.25) is 14.9 Å². The van der Waals surface area contributed by atoms with Crippen LogP contribution in [0.2, 0.25) is 0 Å². The molecule has 0 radical (unpaired) electrons. The number of benzene rings is 1. The summed E-state index contributed by atoms with van der Waals surface area (Å²) in [5.41, 5.74) is 0.108. The van der Waals surface area contributed by atoms with Crippen LogP contribution in [-0.2, 0) is 14.6 Å². The fourth-order valence-electron chi connectivity index (χ4n) is 2.69. The Morgan fingerprint density at radius 2 is 2.00 bits per heavy atom. The molecule has 0 spiro atoms. The van der Waals surface area contributed by atoms with E-state index in [1.165, 1.54) is 12.1 Å². The number of nitro benzene ring substituents is 1. The van der Waals surface area contributed by atoms with Gasteiger partial charge in [0.15, 0.2) is 9.84 Å². The molecule has 132 valence electrons. The highest BCUT2D eigenvalue weighted by Gasteiger charge is 2.39. The molecule has 9 heteroatoms. The summed E-state index contributed by atoms with van der Waals surface area (Å²) in [6.07, 6.45) is 1.31. The van der Waals surface area contributed by atoms with E-state index in [1.807, 2.05) is 0 Å². The molecular weight excluding hydrogens is 334 g/mol. The van der Waals surface area contributed by atoms with E-state index in [4.69, 9.17) is 0 Å². The molecule has 2 N–H and O–H groups in total. The predicted molar refractivity (Wildman–Crippen MR) is 90.6 cm³/mol. The van der Waals surface area contributed by atoms with E-state index >= 15 is 0 Å². The van der Waals surface area contributed by atoms with Gasteiger partial charge < -0.3 is 10.6 Å². The molecule has 1 aromatic carbocycles. The molecule has 0 aromatic heterocycles. The van der Waals surface area contributed by atoms with Gasteiger partial charge in [0, 0.05) is 30.8 Å². The van der Waals surface area contributed by atoms with Crippen LogP contribution in [0.15, 0.2) is 24.3 Å². The maximum atomic E-state index is 11.9. The maximum absolute atomic E-state index is 11.9. The minimum Gasteiger partial charge on any atom is -0.385 e. The lowest BCUT2D eigenvalue weighted by Crippen LogP contribution is -2.46. The number of non-ortho nitro benzene ring substituents is 1. The molecule has 24 heavy (non-hydrogen) atoms. The van der Waals surface area contributed by atoms with E-state index in [9.17, 15) is 23.3 Å². The average Bonchev–Trinajstić information content (AvgIpc) is 2.77. The van der Waals surface area contributed by atoms with Gasteiger partial charge in [0.2, 0.25) is 5.91 Å². The second-order valence-electron chi connectivity index (χ2n) is 6.29. The summed E-state index contributed by atoms with van der Waals surface area (Å²) in [5, 5.41) is 16.5. The maximum Gasteiger partial charge on any atom is 0.269 e. The summed E-state index contributed by atoms with van der Waals surface area (Å²) < 4.78 is 23.0. The summed E-state index contributed by atoms with van der Waals surface area (Å²) in [7, 11) is -3.05. The number of nitrogens with zero attached hydrogens (tertiary/aromatic N) is 1. The molecule has 1 fully saturated rings. The average molecular weight is 355 g/mol. The second kappa shape index (κ2) is 7.16. The normalized spacial score (nSPS) is 22.0. The van der Waals surface area contributed by atoms with Crippen molar-refractivity contribution in [2.75, 3.05) is 23.4 Å².